The van der Waals surface area contributed by atoms with Crippen LogP contribution in [0.4, 0.5) is 0 Å². The van der Waals surface area contributed by atoms with Crippen LogP contribution in [0.15, 0.2) is 0 Å². The molecule has 0 amide bonds. The molecule has 1 saturated carbocycles. The Bertz CT molecular complexity index is 232. The van der Waals surface area contributed by atoms with Gasteiger partial charge in [-0.2, -0.15) is 0 Å². The minimum atomic E-state index is -0.892. The molecule has 4 heteroatoms. The number of carboxylic acid groups (broad SMARTS) is 1. The summed E-state index contributed by atoms with van der Waals surface area (Å²) in [6, 6.07) is -0.745. The van der Waals surface area contributed by atoms with Gasteiger partial charge in [-0.3, -0.25) is 4.79 Å². The van der Waals surface area contributed by atoms with Crippen LogP contribution in [0.2, 0.25) is 0 Å². The van der Waals surface area contributed by atoms with Gasteiger partial charge in [0.05, 0.1) is 6.10 Å². The molecule has 4 nitrogen and oxygen atoms in total. The van der Waals surface area contributed by atoms with Crippen LogP contribution in [-0.4, -0.2) is 29.8 Å². The van der Waals surface area contributed by atoms with E-state index in [2.05, 4.69) is 0 Å². The molecule has 0 aromatic rings. The highest BCUT2D eigenvalue weighted by atomic mass is 16.5. The number of carboxylic acids is 1. The highest BCUT2D eigenvalue weighted by molar-refractivity contribution is 5.75. The normalized spacial score (nSPS) is 32.2. The Labute approximate surface area is 83.4 Å². The standard InChI is InChI=1S/C10H17NO3/c11-8(9(12)13)10(4-5-10)7-3-1-2-6-14-7/h7-8H,1-6,11H2,(H,12,13). The lowest BCUT2D eigenvalue weighted by atomic mass is 9.86. The monoisotopic (exact) mass is 199 g/mol. The van der Waals surface area contributed by atoms with Crippen LogP contribution in [0, 0.1) is 5.41 Å². The lowest BCUT2D eigenvalue weighted by Crippen LogP contribution is -2.47. The molecule has 0 aromatic carbocycles. The molecule has 2 atom stereocenters. The van der Waals surface area contributed by atoms with E-state index in [0.717, 1.165) is 38.7 Å². The van der Waals surface area contributed by atoms with E-state index in [9.17, 15) is 4.79 Å². The smallest absolute Gasteiger partial charge is 0.321 e. The molecule has 1 saturated heterocycles. The summed E-state index contributed by atoms with van der Waals surface area (Å²) < 4.78 is 5.63. The fourth-order valence-electron chi connectivity index (χ4n) is 2.42. The molecule has 80 valence electrons. The van der Waals surface area contributed by atoms with Gasteiger partial charge in [-0.15, -0.1) is 0 Å². The summed E-state index contributed by atoms with van der Waals surface area (Å²) in [5, 5.41) is 8.91. The SMILES string of the molecule is NC(C(=O)O)C1(C2CCCCO2)CC1. The third kappa shape index (κ3) is 1.53. The average molecular weight is 199 g/mol. The summed E-state index contributed by atoms with van der Waals surface area (Å²) in [6.07, 6.45) is 5.10. The van der Waals surface area contributed by atoms with E-state index in [0.29, 0.717) is 0 Å². The number of hydrogen-bond acceptors (Lipinski definition) is 3. The lowest BCUT2D eigenvalue weighted by Gasteiger charge is -2.32. The van der Waals surface area contributed by atoms with Gasteiger partial charge in [-0.1, -0.05) is 0 Å². The number of carbonyl (C=O) groups is 1. The predicted octanol–water partition coefficient (Wildman–Crippen LogP) is 0.748. The van der Waals surface area contributed by atoms with Crippen LogP contribution in [0.25, 0.3) is 0 Å². The molecule has 3 N–H and O–H groups in total. The van der Waals surface area contributed by atoms with E-state index in [1.54, 1.807) is 0 Å². The molecule has 0 radical (unpaired) electrons. The van der Waals surface area contributed by atoms with Crippen LogP contribution >= 0.6 is 0 Å². The molecule has 0 spiro atoms. The molecular formula is C10H17NO3. The van der Waals surface area contributed by atoms with E-state index >= 15 is 0 Å². The summed E-state index contributed by atoms with van der Waals surface area (Å²) in [6.45, 7) is 0.763. The third-order valence-corrected chi connectivity index (χ3v) is 3.53. The second-order valence-corrected chi connectivity index (χ2v) is 4.40. The highest BCUT2D eigenvalue weighted by Gasteiger charge is 2.57. The molecule has 0 bridgehead atoms. The van der Waals surface area contributed by atoms with Crippen molar-refractivity contribution in [3.8, 4) is 0 Å². The largest absolute Gasteiger partial charge is 0.480 e. The van der Waals surface area contributed by atoms with Crippen molar-refractivity contribution in [2.45, 2.75) is 44.2 Å². The van der Waals surface area contributed by atoms with Crippen molar-refractivity contribution in [1.82, 2.24) is 0 Å². The van der Waals surface area contributed by atoms with E-state index in [4.69, 9.17) is 15.6 Å². The van der Waals surface area contributed by atoms with E-state index in [1.165, 1.54) is 0 Å². The molecule has 2 unspecified atom stereocenters. The van der Waals surface area contributed by atoms with E-state index in [1.807, 2.05) is 0 Å². The third-order valence-electron chi connectivity index (χ3n) is 3.53. The van der Waals surface area contributed by atoms with Crippen LogP contribution < -0.4 is 5.73 Å². The Morgan fingerprint density at radius 3 is 2.64 bits per heavy atom. The van der Waals surface area contributed by atoms with Gasteiger partial charge in [0, 0.05) is 12.0 Å². The first-order chi connectivity index (χ1) is 6.67. The molecule has 14 heavy (non-hydrogen) atoms. The average Bonchev–Trinajstić information content (AvgIpc) is 2.99. The summed E-state index contributed by atoms with van der Waals surface area (Å²) in [5.41, 5.74) is 5.46. The second kappa shape index (κ2) is 3.51. The number of rotatable bonds is 3. The van der Waals surface area contributed by atoms with Crippen molar-refractivity contribution >= 4 is 5.97 Å². The minimum Gasteiger partial charge on any atom is -0.480 e. The molecule has 1 aliphatic carbocycles. The Morgan fingerprint density at radius 1 is 1.50 bits per heavy atom. The topological polar surface area (TPSA) is 72.6 Å². The first kappa shape index (κ1) is 9.93. The summed E-state index contributed by atoms with van der Waals surface area (Å²) >= 11 is 0. The maximum Gasteiger partial charge on any atom is 0.321 e. The zero-order valence-electron chi connectivity index (χ0n) is 8.24. The lowest BCUT2D eigenvalue weighted by molar-refractivity contribution is -0.143. The van der Waals surface area contributed by atoms with Gasteiger partial charge in [0.2, 0.25) is 0 Å². The number of hydrogen-bond donors (Lipinski definition) is 2. The van der Waals surface area contributed by atoms with Crippen LogP contribution in [0.5, 0.6) is 0 Å². The molecule has 0 aromatic heterocycles. The van der Waals surface area contributed by atoms with Crippen molar-refractivity contribution in [1.29, 1.82) is 0 Å². The van der Waals surface area contributed by atoms with Crippen molar-refractivity contribution < 1.29 is 14.6 Å². The first-order valence-corrected chi connectivity index (χ1v) is 5.27. The Hall–Kier alpha value is -0.610. The summed E-state index contributed by atoms with van der Waals surface area (Å²) in [5.74, 6) is -0.892. The van der Waals surface area contributed by atoms with Gasteiger partial charge >= 0.3 is 5.97 Å². The summed E-state index contributed by atoms with van der Waals surface area (Å²) in [7, 11) is 0. The molecule has 2 fully saturated rings. The second-order valence-electron chi connectivity index (χ2n) is 4.40. The highest BCUT2D eigenvalue weighted by Crippen LogP contribution is 2.54. The molecule has 2 aliphatic rings. The van der Waals surface area contributed by atoms with Gasteiger partial charge in [0.15, 0.2) is 0 Å². The van der Waals surface area contributed by atoms with Crippen molar-refractivity contribution in [3.63, 3.8) is 0 Å². The van der Waals surface area contributed by atoms with Crippen molar-refractivity contribution in [2.24, 2.45) is 11.1 Å². The van der Waals surface area contributed by atoms with Crippen molar-refractivity contribution in [3.05, 3.63) is 0 Å². The maximum absolute atomic E-state index is 10.8. The fraction of sp³-hybridized carbons (Fsp3) is 0.900. The Morgan fingerprint density at radius 2 is 2.21 bits per heavy atom. The van der Waals surface area contributed by atoms with E-state index in [-0.39, 0.29) is 11.5 Å². The van der Waals surface area contributed by atoms with E-state index < -0.39 is 12.0 Å². The van der Waals surface area contributed by atoms with Crippen molar-refractivity contribution in [2.75, 3.05) is 6.61 Å². The number of aliphatic carboxylic acids is 1. The zero-order valence-corrected chi connectivity index (χ0v) is 8.24. The quantitative estimate of drug-likeness (QED) is 0.703. The molecular weight excluding hydrogens is 182 g/mol. The molecule has 1 heterocycles. The van der Waals surface area contributed by atoms with Crippen LogP contribution in [-0.2, 0) is 9.53 Å². The fourth-order valence-corrected chi connectivity index (χ4v) is 2.42. The number of nitrogens with two attached hydrogens (primary N) is 1. The summed E-state index contributed by atoms with van der Waals surface area (Å²) in [4.78, 5) is 10.8. The Kier molecular flexibility index (Phi) is 2.49. The maximum atomic E-state index is 10.8. The van der Waals surface area contributed by atoms with Gasteiger partial charge in [0.25, 0.3) is 0 Å². The minimum absolute atomic E-state index is 0.0855. The zero-order chi connectivity index (χ0) is 10.2. The van der Waals surface area contributed by atoms with Gasteiger partial charge in [0.1, 0.15) is 6.04 Å². The van der Waals surface area contributed by atoms with Gasteiger partial charge in [-0.05, 0) is 32.1 Å². The number of ether oxygens (including phenoxy) is 1. The first-order valence-electron chi connectivity index (χ1n) is 5.27. The Balaban J connectivity index is 2.03. The van der Waals surface area contributed by atoms with Gasteiger partial charge in [-0.25, -0.2) is 0 Å². The predicted molar refractivity (Wildman–Crippen MR) is 50.9 cm³/mol. The van der Waals surface area contributed by atoms with Gasteiger partial charge < -0.3 is 15.6 Å². The van der Waals surface area contributed by atoms with Crippen LogP contribution in [0.1, 0.15) is 32.1 Å². The molecule has 1 aliphatic heterocycles. The van der Waals surface area contributed by atoms with Crippen LogP contribution in [0.3, 0.4) is 0 Å². The molecule has 2 rings (SSSR count).